The Balaban J connectivity index is 2.13. The van der Waals surface area contributed by atoms with Crippen LogP contribution in [0, 0.1) is 11.8 Å². The Morgan fingerprint density at radius 1 is 1.35 bits per heavy atom. The maximum Gasteiger partial charge on any atom is 0.0871 e. The van der Waals surface area contributed by atoms with Crippen LogP contribution in [-0.2, 0) is 12.0 Å². The quantitative estimate of drug-likeness (QED) is 0.816. The molecule has 1 aromatic rings. The van der Waals surface area contributed by atoms with E-state index < -0.39 is 5.60 Å². The van der Waals surface area contributed by atoms with E-state index in [-0.39, 0.29) is 0 Å². The van der Waals surface area contributed by atoms with E-state index in [1.54, 1.807) is 0 Å². The summed E-state index contributed by atoms with van der Waals surface area (Å²) in [6.45, 7) is 6.42. The van der Waals surface area contributed by atoms with Gasteiger partial charge in [0, 0.05) is 0 Å². The van der Waals surface area contributed by atoms with Gasteiger partial charge in [0.2, 0.25) is 0 Å². The molecule has 1 aliphatic carbocycles. The molecular weight excluding hydrogens is 208 g/mol. The Labute approximate surface area is 105 Å². The second-order valence-electron chi connectivity index (χ2n) is 6.22. The van der Waals surface area contributed by atoms with Gasteiger partial charge in [0.25, 0.3) is 0 Å². The molecule has 0 bridgehead atoms. The number of hydrogen-bond acceptors (Lipinski definition) is 1. The summed E-state index contributed by atoms with van der Waals surface area (Å²) in [4.78, 5) is 0. The number of hydrogen-bond donors (Lipinski definition) is 1. The summed E-state index contributed by atoms with van der Waals surface area (Å²) in [5, 5.41) is 10.6. The predicted octanol–water partition coefficient (Wildman–Crippen LogP) is 3.89. The molecule has 0 amide bonds. The average Bonchev–Trinajstić information content (AvgIpc) is 3.00. The number of rotatable bonds is 5. The van der Waals surface area contributed by atoms with Crippen molar-refractivity contribution in [3.05, 3.63) is 35.4 Å². The minimum Gasteiger partial charge on any atom is -0.385 e. The summed E-state index contributed by atoms with van der Waals surface area (Å²) in [5.41, 5.74) is 1.78. The van der Waals surface area contributed by atoms with Crippen molar-refractivity contribution >= 4 is 0 Å². The fourth-order valence-corrected chi connectivity index (χ4v) is 2.51. The second kappa shape index (κ2) is 4.81. The molecule has 17 heavy (non-hydrogen) atoms. The van der Waals surface area contributed by atoms with Gasteiger partial charge in [-0.1, -0.05) is 51.0 Å². The van der Waals surface area contributed by atoms with Gasteiger partial charge in [-0.05, 0) is 42.7 Å². The normalized spacial score (nSPS) is 19.4. The van der Waals surface area contributed by atoms with Gasteiger partial charge in [-0.15, -0.1) is 0 Å². The Kier molecular flexibility index (Phi) is 3.58. The van der Waals surface area contributed by atoms with Crippen LogP contribution in [0.4, 0.5) is 0 Å². The molecule has 1 fully saturated rings. The molecule has 0 heterocycles. The maximum absolute atomic E-state index is 10.6. The van der Waals surface area contributed by atoms with Crippen LogP contribution in [-0.4, -0.2) is 5.11 Å². The van der Waals surface area contributed by atoms with E-state index in [0.29, 0.717) is 5.92 Å². The van der Waals surface area contributed by atoms with Crippen molar-refractivity contribution in [1.82, 2.24) is 0 Å². The van der Waals surface area contributed by atoms with Crippen LogP contribution in [0.25, 0.3) is 0 Å². The Bertz CT molecular complexity index is 375. The first-order valence-corrected chi connectivity index (χ1v) is 6.79. The largest absolute Gasteiger partial charge is 0.385 e. The standard InChI is InChI=1S/C16H24O/c1-12(2)9-14-5-4-6-15(10-14)16(3,17)11-13-7-8-13/h4-6,10,12-13,17H,7-9,11H2,1-3H3. The Morgan fingerprint density at radius 3 is 2.65 bits per heavy atom. The van der Waals surface area contributed by atoms with E-state index >= 15 is 0 Å². The first-order chi connectivity index (χ1) is 7.97. The summed E-state index contributed by atoms with van der Waals surface area (Å²) in [7, 11) is 0. The third-order valence-corrected chi connectivity index (χ3v) is 3.58. The van der Waals surface area contributed by atoms with Crippen LogP contribution in [0.3, 0.4) is 0 Å². The molecule has 1 N–H and O–H groups in total. The van der Waals surface area contributed by atoms with Gasteiger partial charge < -0.3 is 5.11 Å². The average molecular weight is 232 g/mol. The molecule has 1 atom stereocenters. The van der Waals surface area contributed by atoms with E-state index in [9.17, 15) is 5.11 Å². The highest BCUT2D eigenvalue weighted by Crippen LogP contribution is 2.40. The van der Waals surface area contributed by atoms with Crippen LogP contribution >= 0.6 is 0 Å². The van der Waals surface area contributed by atoms with Crippen LogP contribution in [0.5, 0.6) is 0 Å². The van der Waals surface area contributed by atoms with Crippen molar-refractivity contribution < 1.29 is 5.11 Å². The van der Waals surface area contributed by atoms with Gasteiger partial charge in [0.15, 0.2) is 0 Å². The van der Waals surface area contributed by atoms with Crippen molar-refractivity contribution in [2.24, 2.45) is 11.8 Å². The molecule has 1 nitrogen and oxygen atoms in total. The van der Waals surface area contributed by atoms with Gasteiger partial charge in [0.1, 0.15) is 0 Å². The summed E-state index contributed by atoms with van der Waals surface area (Å²) in [5.74, 6) is 1.41. The third-order valence-electron chi connectivity index (χ3n) is 3.58. The third kappa shape index (κ3) is 3.57. The van der Waals surface area contributed by atoms with Crippen molar-refractivity contribution in [1.29, 1.82) is 0 Å². The molecule has 1 aliphatic rings. The predicted molar refractivity (Wildman–Crippen MR) is 71.9 cm³/mol. The van der Waals surface area contributed by atoms with Gasteiger partial charge in [0.05, 0.1) is 5.60 Å². The molecule has 0 aliphatic heterocycles. The minimum atomic E-state index is -0.645. The van der Waals surface area contributed by atoms with E-state index in [2.05, 4.69) is 38.1 Å². The van der Waals surface area contributed by atoms with E-state index in [1.807, 2.05) is 6.92 Å². The fourth-order valence-electron chi connectivity index (χ4n) is 2.51. The summed E-state index contributed by atoms with van der Waals surface area (Å²) < 4.78 is 0. The second-order valence-corrected chi connectivity index (χ2v) is 6.22. The topological polar surface area (TPSA) is 20.2 Å². The minimum absolute atomic E-state index is 0.645. The molecule has 0 spiro atoms. The molecule has 0 aromatic heterocycles. The zero-order chi connectivity index (χ0) is 12.5. The lowest BCUT2D eigenvalue weighted by molar-refractivity contribution is 0.0417. The number of aliphatic hydroxyl groups is 1. The molecule has 1 unspecified atom stereocenters. The first kappa shape index (κ1) is 12.6. The van der Waals surface area contributed by atoms with Crippen molar-refractivity contribution in [2.45, 2.75) is 52.1 Å². The summed E-state index contributed by atoms with van der Waals surface area (Å²) >= 11 is 0. The van der Waals surface area contributed by atoms with Gasteiger partial charge >= 0.3 is 0 Å². The molecule has 0 radical (unpaired) electrons. The van der Waals surface area contributed by atoms with Crippen LogP contribution in [0.1, 0.15) is 51.2 Å². The van der Waals surface area contributed by atoms with Crippen LogP contribution < -0.4 is 0 Å². The summed E-state index contributed by atoms with van der Waals surface area (Å²) in [6.07, 6.45) is 4.59. The van der Waals surface area contributed by atoms with Crippen molar-refractivity contribution in [3.63, 3.8) is 0 Å². The van der Waals surface area contributed by atoms with Crippen LogP contribution in [0.15, 0.2) is 24.3 Å². The highest BCUT2D eigenvalue weighted by molar-refractivity contribution is 5.28. The lowest BCUT2D eigenvalue weighted by Crippen LogP contribution is -2.22. The van der Waals surface area contributed by atoms with E-state index in [4.69, 9.17) is 0 Å². The lowest BCUT2D eigenvalue weighted by atomic mass is 9.88. The molecule has 0 saturated heterocycles. The fraction of sp³-hybridized carbons (Fsp3) is 0.625. The van der Waals surface area contributed by atoms with Gasteiger partial charge in [-0.3, -0.25) is 0 Å². The maximum atomic E-state index is 10.6. The molecule has 1 saturated carbocycles. The molecule has 94 valence electrons. The smallest absolute Gasteiger partial charge is 0.0871 e. The monoisotopic (exact) mass is 232 g/mol. The zero-order valence-electron chi connectivity index (χ0n) is 11.2. The molecule has 1 aromatic carbocycles. The highest BCUT2D eigenvalue weighted by atomic mass is 16.3. The van der Waals surface area contributed by atoms with Gasteiger partial charge in [-0.2, -0.15) is 0 Å². The molecule has 1 heteroatoms. The highest BCUT2D eigenvalue weighted by Gasteiger charge is 2.32. The number of benzene rings is 1. The lowest BCUT2D eigenvalue weighted by Gasteiger charge is -2.24. The zero-order valence-corrected chi connectivity index (χ0v) is 11.2. The van der Waals surface area contributed by atoms with Crippen LogP contribution in [0.2, 0.25) is 0 Å². The summed E-state index contributed by atoms with van der Waals surface area (Å²) in [6, 6.07) is 8.49. The Morgan fingerprint density at radius 2 is 2.06 bits per heavy atom. The van der Waals surface area contributed by atoms with Crippen molar-refractivity contribution in [2.75, 3.05) is 0 Å². The first-order valence-electron chi connectivity index (χ1n) is 6.79. The Hall–Kier alpha value is -0.820. The molecule has 2 rings (SSSR count). The molecular formula is C16H24O. The van der Waals surface area contributed by atoms with Gasteiger partial charge in [-0.25, -0.2) is 0 Å². The SMILES string of the molecule is CC(C)Cc1cccc(C(C)(O)CC2CC2)c1. The van der Waals surface area contributed by atoms with E-state index in [0.717, 1.165) is 24.3 Å². The van der Waals surface area contributed by atoms with E-state index in [1.165, 1.54) is 18.4 Å². The van der Waals surface area contributed by atoms with Crippen molar-refractivity contribution in [3.8, 4) is 0 Å².